The molecule has 0 radical (unpaired) electrons. The van der Waals surface area contributed by atoms with Crippen molar-refractivity contribution in [1.29, 1.82) is 0 Å². The lowest BCUT2D eigenvalue weighted by Gasteiger charge is -2.23. The number of aliphatic hydroxyl groups is 1. The zero-order valence-electron chi connectivity index (χ0n) is 15.8. The maximum Gasteiger partial charge on any atom is 0.312 e. The van der Waals surface area contributed by atoms with Crippen LogP contribution in [0.3, 0.4) is 0 Å². The van der Waals surface area contributed by atoms with E-state index in [9.17, 15) is 23.6 Å². The molecular formula is C20H22N2O6S. The molecule has 1 N–H and O–H groups in total. The monoisotopic (exact) mass is 418 g/mol. The highest BCUT2D eigenvalue weighted by molar-refractivity contribution is 7.89. The summed E-state index contributed by atoms with van der Waals surface area (Å²) in [7, 11) is -3.77. The Bertz CT molecular complexity index is 1050. The van der Waals surface area contributed by atoms with Crippen LogP contribution in [0.4, 0.5) is 5.69 Å². The minimum Gasteiger partial charge on any atom is -0.450 e. The number of aliphatic hydroxyl groups excluding tert-OH is 1. The third-order valence-corrected chi connectivity index (χ3v) is 7.38. The molecule has 1 fully saturated rings. The molecule has 1 heterocycles. The van der Waals surface area contributed by atoms with Gasteiger partial charge in [-0.25, -0.2) is 8.42 Å². The SMILES string of the molecule is O=[N+]([O-])c1cc(S(=O)(=O)N2CCCC2)ccc1Oc1cccc2c1CCC[C@H]2O. The van der Waals surface area contributed by atoms with Crippen molar-refractivity contribution in [2.24, 2.45) is 0 Å². The molecule has 0 aromatic heterocycles. The van der Waals surface area contributed by atoms with Crippen LogP contribution in [0.5, 0.6) is 11.5 Å². The van der Waals surface area contributed by atoms with Crippen molar-refractivity contribution < 1.29 is 23.2 Å². The average molecular weight is 418 g/mol. The molecular weight excluding hydrogens is 396 g/mol. The molecule has 0 bridgehead atoms. The summed E-state index contributed by atoms with van der Waals surface area (Å²) in [6, 6.07) is 9.01. The average Bonchev–Trinajstić information content (AvgIpc) is 3.24. The second kappa shape index (κ2) is 7.74. The quantitative estimate of drug-likeness (QED) is 0.587. The topological polar surface area (TPSA) is 110 Å². The molecule has 4 rings (SSSR count). The van der Waals surface area contributed by atoms with Gasteiger partial charge in [-0.2, -0.15) is 4.31 Å². The largest absolute Gasteiger partial charge is 0.450 e. The fraction of sp³-hybridized carbons (Fsp3) is 0.400. The fourth-order valence-electron chi connectivity index (χ4n) is 3.97. The summed E-state index contributed by atoms with van der Waals surface area (Å²) in [6.07, 6.45) is 3.16. The minimum absolute atomic E-state index is 0.0242. The molecule has 0 unspecified atom stereocenters. The number of fused-ring (bicyclic) bond motifs is 1. The standard InChI is InChI=1S/C20H22N2O6S/c23-18-7-3-6-16-15(18)5-4-8-19(16)28-20-10-9-14(13-17(20)22(24)25)29(26,27)21-11-1-2-12-21/h4-5,8-10,13,18,23H,1-3,6-7,11-12H2/t18-/m1/s1. The lowest BCUT2D eigenvalue weighted by molar-refractivity contribution is -0.385. The van der Waals surface area contributed by atoms with Gasteiger partial charge >= 0.3 is 5.69 Å². The van der Waals surface area contributed by atoms with Crippen molar-refractivity contribution in [3.05, 3.63) is 57.6 Å². The van der Waals surface area contributed by atoms with E-state index in [2.05, 4.69) is 0 Å². The predicted octanol–water partition coefficient (Wildman–Crippen LogP) is 3.54. The Kier molecular flexibility index (Phi) is 5.28. The first-order chi connectivity index (χ1) is 13.9. The van der Waals surface area contributed by atoms with Gasteiger partial charge in [0.25, 0.3) is 0 Å². The zero-order chi connectivity index (χ0) is 20.6. The summed E-state index contributed by atoms with van der Waals surface area (Å²) in [4.78, 5) is 10.9. The second-order valence-electron chi connectivity index (χ2n) is 7.33. The van der Waals surface area contributed by atoms with E-state index in [1.165, 1.54) is 16.4 Å². The molecule has 0 spiro atoms. The molecule has 0 saturated carbocycles. The smallest absolute Gasteiger partial charge is 0.312 e. The van der Waals surface area contributed by atoms with Crippen LogP contribution in [0.15, 0.2) is 41.3 Å². The first-order valence-electron chi connectivity index (χ1n) is 9.64. The van der Waals surface area contributed by atoms with Crippen LogP contribution in [0, 0.1) is 10.1 Å². The van der Waals surface area contributed by atoms with E-state index in [1.807, 2.05) is 6.07 Å². The number of nitro benzene ring substituents is 1. The predicted molar refractivity (Wildman–Crippen MR) is 106 cm³/mol. The van der Waals surface area contributed by atoms with E-state index in [0.717, 1.165) is 36.5 Å². The summed E-state index contributed by atoms with van der Waals surface area (Å²) in [5, 5.41) is 21.8. The van der Waals surface area contributed by atoms with Crippen molar-refractivity contribution in [2.45, 2.75) is 43.1 Å². The Morgan fingerprint density at radius 1 is 1.10 bits per heavy atom. The maximum atomic E-state index is 12.7. The Morgan fingerprint density at radius 2 is 1.86 bits per heavy atom. The van der Waals surface area contributed by atoms with E-state index >= 15 is 0 Å². The number of nitro groups is 1. The lowest BCUT2D eigenvalue weighted by Crippen LogP contribution is -2.27. The van der Waals surface area contributed by atoms with E-state index in [4.69, 9.17) is 4.74 Å². The summed E-state index contributed by atoms with van der Waals surface area (Å²) >= 11 is 0. The maximum absolute atomic E-state index is 12.7. The highest BCUT2D eigenvalue weighted by Crippen LogP contribution is 2.40. The van der Waals surface area contributed by atoms with Gasteiger partial charge in [0.1, 0.15) is 5.75 Å². The molecule has 1 aliphatic carbocycles. The summed E-state index contributed by atoms with van der Waals surface area (Å²) < 4.78 is 32.7. The van der Waals surface area contributed by atoms with Gasteiger partial charge in [0.05, 0.1) is 15.9 Å². The van der Waals surface area contributed by atoms with E-state index < -0.39 is 26.7 Å². The van der Waals surface area contributed by atoms with Crippen LogP contribution in [-0.4, -0.2) is 35.8 Å². The number of benzene rings is 2. The molecule has 2 aromatic carbocycles. The van der Waals surface area contributed by atoms with Gasteiger partial charge in [0.2, 0.25) is 15.8 Å². The Hall–Kier alpha value is -2.49. The Balaban J connectivity index is 1.71. The van der Waals surface area contributed by atoms with Gasteiger partial charge in [0.15, 0.2) is 0 Å². The van der Waals surface area contributed by atoms with Gasteiger partial charge in [-0.1, -0.05) is 12.1 Å². The van der Waals surface area contributed by atoms with Crippen LogP contribution < -0.4 is 4.74 Å². The Labute approximate surface area is 168 Å². The van der Waals surface area contributed by atoms with Crippen molar-refractivity contribution >= 4 is 15.7 Å². The van der Waals surface area contributed by atoms with Gasteiger partial charge < -0.3 is 9.84 Å². The molecule has 2 aliphatic rings. The van der Waals surface area contributed by atoms with Crippen LogP contribution in [0.1, 0.15) is 42.9 Å². The molecule has 9 heteroatoms. The van der Waals surface area contributed by atoms with Crippen molar-refractivity contribution in [3.63, 3.8) is 0 Å². The third kappa shape index (κ3) is 3.73. The molecule has 2 aromatic rings. The van der Waals surface area contributed by atoms with E-state index in [0.29, 0.717) is 31.7 Å². The van der Waals surface area contributed by atoms with Crippen molar-refractivity contribution in [3.8, 4) is 11.5 Å². The van der Waals surface area contributed by atoms with Crippen molar-refractivity contribution in [1.82, 2.24) is 4.31 Å². The highest BCUT2D eigenvalue weighted by atomic mass is 32.2. The molecule has 29 heavy (non-hydrogen) atoms. The summed E-state index contributed by atoms with van der Waals surface area (Å²) in [6.45, 7) is 0.847. The third-order valence-electron chi connectivity index (χ3n) is 5.48. The minimum atomic E-state index is -3.77. The molecule has 0 amide bonds. The van der Waals surface area contributed by atoms with Crippen molar-refractivity contribution in [2.75, 3.05) is 13.1 Å². The van der Waals surface area contributed by atoms with Gasteiger partial charge in [-0.05, 0) is 55.9 Å². The molecule has 8 nitrogen and oxygen atoms in total. The van der Waals surface area contributed by atoms with Crippen LogP contribution in [0.2, 0.25) is 0 Å². The summed E-state index contributed by atoms with van der Waals surface area (Å²) in [5.74, 6) is 0.420. The highest BCUT2D eigenvalue weighted by Gasteiger charge is 2.30. The number of hydrogen-bond acceptors (Lipinski definition) is 6. The normalized spacial score (nSPS) is 19.7. The molecule has 1 atom stereocenters. The molecule has 1 aliphatic heterocycles. The van der Waals surface area contributed by atoms with Gasteiger partial charge in [-0.3, -0.25) is 10.1 Å². The number of ether oxygens (including phenoxy) is 1. The van der Waals surface area contributed by atoms with E-state index in [-0.39, 0.29) is 10.6 Å². The zero-order valence-corrected chi connectivity index (χ0v) is 16.6. The van der Waals surface area contributed by atoms with E-state index in [1.54, 1.807) is 12.1 Å². The first-order valence-corrected chi connectivity index (χ1v) is 11.1. The number of sulfonamides is 1. The Morgan fingerprint density at radius 3 is 2.59 bits per heavy atom. The molecule has 1 saturated heterocycles. The molecule has 154 valence electrons. The van der Waals surface area contributed by atoms with Gasteiger partial charge in [0, 0.05) is 24.7 Å². The number of rotatable bonds is 5. The number of nitrogens with zero attached hydrogens (tertiary/aromatic N) is 2. The van der Waals surface area contributed by atoms with Gasteiger partial charge in [-0.15, -0.1) is 0 Å². The lowest BCUT2D eigenvalue weighted by atomic mass is 9.89. The first kappa shape index (κ1) is 19.8. The summed E-state index contributed by atoms with van der Waals surface area (Å²) in [5.41, 5.74) is 1.19. The van der Waals surface area contributed by atoms with Crippen LogP contribution in [0.25, 0.3) is 0 Å². The van der Waals surface area contributed by atoms with Crippen LogP contribution in [-0.2, 0) is 16.4 Å². The fourth-order valence-corrected chi connectivity index (χ4v) is 5.51. The van der Waals surface area contributed by atoms with Crippen LogP contribution >= 0.6 is 0 Å². The number of hydrogen-bond donors (Lipinski definition) is 1. The second-order valence-corrected chi connectivity index (χ2v) is 9.27.